The van der Waals surface area contributed by atoms with Crippen molar-refractivity contribution in [3.63, 3.8) is 0 Å². The van der Waals surface area contributed by atoms with E-state index in [1.54, 1.807) is 25.3 Å². The van der Waals surface area contributed by atoms with Gasteiger partial charge in [0, 0.05) is 6.42 Å². The summed E-state index contributed by atoms with van der Waals surface area (Å²) in [6.45, 7) is 2.37. The van der Waals surface area contributed by atoms with Crippen LogP contribution >= 0.6 is 11.3 Å². The minimum Gasteiger partial charge on any atom is -0.497 e. The lowest BCUT2D eigenvalue weighted by molar-refractivity contribution is 0.102. The SMILES string of the molecule is CCOc1ccccc1C(=O)Nc1nnc(Cc2ccc(OC)cc2)s1. The number of carbonyl (C=O) groups excluding carboxylic acids is 1. The molecule has 0 bridgehead atoms. The molecule has 0 unspecified atom stereocenters. The summed E-state index contributed by atoms with van der Waals surface area (Å²) in [5.41, 5.74) is 1.57. The number of benzene rings is 2. The van der Waals surface area contributed by atoms with Crippen molar-refractivity contribution < 1.29 is 14.3 Å². The van der Waals surface area contributed by atoms with Gasteiger partial charge in [-0.3, -0.25) is 10.1 Å². The van der Waals surface area contributed by atoms with Crippen LogP contribution in [-0.2, 0) is 6.42 Å². The van der Waals surface area contributed by atoms with Crippen LogP contribution in [0.4, 0.5) is 5.13 Å². The van der Waals surface area contributed by atoms with Crippen molar-refractivity contribution in [1.29, 1.82) is 0 Å². The van der Waals surface area contributed by atoms with E-state index in [0.717, 1.165) is 16.3 Å². The maximum absolute atomic E-state index is 12.5. The summed E-state index contributed by atoms with van der Waals surface area (Å²) in [7, 11) is 1.64. The van der Waals surface area contributed by atoms with Gasteiger partial charge < -0.3 is 9.47 Å². The molecule has 26 heavy (non-hydrogen) atoms. The van der Waals surface area contributed by atoms with Crippen LogP contribution in [0.1, 0.15) is 27.9 Å². The highest BCUT2D eigenvalue weighted by molar-refractivity contribution is 7.15. The van der Waals surface area contributed by atoms with E-state index in [1.807, 2.05) is 37.3 Å². The summed E-state index contributed by atoms with van der Waals surface area (Å²) >= 11 is 1.35. The van der Waals surface area contributed by atoms with Gasteiger partial charge in [0.25, 0.3) is 5.91 Å². The first-order chi connectivity index (χ1) is 12.7. The Labute approximate surface area is 155 Å². The van der Waals surface area contributed by atoms with Crippen LogP contribution in [0.15, 0.2) is 48.5 Å². The Kier molecular flexibility index (Phi) is 5.80. The largest absolute Gasteiger partial charge is 0.497 e. The van der Waals surface area contributed by atoms with Gasteiger partial charge in [-0.25, -0.2) is 0 Å². The molecule has 1 amide bonds. The van der Waals surface area contributed by atoms with E-state index >= 15 is 0 Å². The fourth-order valence-corrected chi connectivity index (χ4v) is 3.16. The smallest absolute Gasteiger partial charge is 0.261 e. The average molecular weight is 369 g/mol. The number of carbonyl (C=O) groups is 1. The van der Waals surface area contributed by atoms with Gasteiger partial charge in [-0.1, -0.05) is 35.6 Å². The molecule has 2 aromatic carbocycles. The number of amides is 1. The molecule has 0 aliphatic carbocycles. The highest BCUT2D eigenvalue weighted by Gasteiger charge is 2.14. The zero-order chi connectivity index (χ0) is 18.4. The summed E-state index contributed by atoms with van der Waals surface area (Å²) in [6.07, 6.45) is 0.646. The number of hydrogen-bond acceptors (Lipinski definition) is 6. The maximum atomic E-state index is 12.5. The van der Waals surface area contributed by atoms with Gasteiger partial charge in [0.15, 0.2) is 0 Å². The quantitative estimate of drug-likeness (QED) is 0.686. The number of para-hydroxylation sites is 1. The van der Waals surface area contributed by atoms with Crippen LogP contribution in [0.5, 0.6) is 11.5 Å². The fourth-order valence-electron chi connectivity index (χ4n) is 2.39. The lowest BCUT2D eigenvalue weighted by Crippen LogP contribution is -2.13. The van der Waals surface area contributed by atoms with Crippen molar-refractivity contribution in [1.82, 2.24) is 10.2 Å². The van der Waals surface area contributed by atoms with Crippen LogP contribution in [-0.4, -0.2) is 29.8 Å². The third-order valence-electron chi connectivity index (χ3n) is 3.63. The van der Waals surface area contributed by atoms with Gasteiger partial charge in [-0.15, -0.1) is 10.2 Å². The van der Waals surface area contributed by atoms with Crippen molar-refractivity contribution in [2.45, 2.75) is 13.3 Å². The second-order valence-corrected chi connectivity index (χ2v) is 6.47. The van der Waals surface area contributed by atoms with Gasteiger partial charge in [0.1, 0.15) is 16.5 Å². The Bertz CT molecular complexity index is 878. The maximum Gasteiger partial charge on any atom is 0.261 e. The van der Waals surface area contributed by atoms with Crippen LogP contribution in [0, 0.1) is 0 Å². The number of aromatic nitrogens is 2. The van der Waals surface area contributed by atoms with Crippen molar-refractivity contribution >= 4 is 22.4 Å². The molecule has 7 heteroatoms. The molecule has 0 aliphatic rings. The molecule has 0 aliphatic heterocycles. The Hall–Kier alpha value is -2.93. The van der Waals surface area contributed by atoms with Gasteiger partial charge in [-0.05, 0) is 36.8 Å². The number of ether oxygens (including phenoxy) is 2. The average Bonchev–Trinajstić information content (AvgIpc) is 3.10. The number of methoxy groups -OCH3 is 1. The molecule has 0 radical (unpaired) electrons. The third kappa shape index (κ3) is 4.37. The van der Waals surface area contributed by atoms with E-state index in [4.69, 9.17) is 9.47 Å². The summed E-state index contributed by atoms with van der Waals surface area (Å²) < 4.78 is 10.6. The zero-order valence-corrected chi connectivity index (χ0v) is 15.4. The number of nitrogens with one attached hydrogen (secondary N) is 1. The van der Waals surface area contributed by atoms with Crippen LogP contribution < -0.4 is 14.8 Å². The zero-order valence-electron chi connectivity index (χ0n) is 14.6. The molecule has 3 rings (SSSR count). The molecule has 6 nitrogen and oxygen atoms in total. The molecular weight excluding hydrogens is 350 g/mol. The normalized spacial score (nSPS) is 10.4. The van der Waals surface area contributed by atoms with Gasteiger partial charge >= 0.3 is 0 Å². The van der Waals surface area contributed by atoms with E-state index in [-0.39, 0.29) is 5.91 Å². The first kappa shape index (κ1) is 17.9. The molecular formula is C19H19N3O3S. The van der Waals surface area contributed by atoms with Crippen molar-refractivity contribution in [3.8, 4) is 11.5 Å². The minimum absolute atomic E-state index is 0.263. The molecule has 1 aromatic heterocycles. The highest BCUT2D eigenvalue weighted by Crippen LogP contribution is 2.23. The van der Waals surface area contributed by atoms with Crippen molar-refractivity contribution in [2.24, 2.45) is 0 Å². The van der Waals surface area contributed by atoms with E-state index in [0.29, 0.717) is 29.5 Å². The summed E-state index contributed by atoms with van der Waals surface area (Å²) in [6, 6.07) is 14.9. The Morgan fingerprint density at radius 3 is 2.62 bits per heavy atom. The lowest BCUT2D eigenvalue weighted by Gasteiger charge is -2.08. The van der Waals surface area contributed by atoms with E-state index in [2.05, 4.69) is 15.5 Å². The topological polar surface area (TPSA) is 73.3 Å². The second-order valence-electron chi connectivity index (χ2n) is 5.41. The molecule has 0 spiro atoms. The Morgan fingerprint density at radius 2 is 1.88 bits per heavy atom. The van der Waals surface area contributed by atoms with Gasteiger partial charge in [0.05, 0.1) is 19.3 Å². The Balaban J connectivity index is 1.67. The van der Waals surface area contributed by atoms with Crippen molar-refractivity contribution in [3.05, 3.63) is 64.7 Å². The second kappa shape index (κ2) is 8.44. The Morgan fingerprint density at radius 1 is 1.12 bits per heavy atom. The predicted octanol–water partition coefficient (Wildman–Crippen LogP) is 3.79. The molecule has 1 heterocycles. The number of anilines is 1. The van der Waals surface area contributed by atoms with E-state index < -0.39 is 0 Å². The standard InChI is InChI=1S/C19H19N3O3S/c1-3-25-16-7-5-4-6-15(16)18(23)20-19-22-21-17(26-19)12-13-8-10-14(24-2)11-9-13/h4-11H,3,12H2,1-2H3,(H,20,22,23). The van der Waals surface area contributed by atoms with E-state index in [9.17, 15) is 4.79 Å². The fraction of sp³-hybridized carbons (Fsp3) is 0.211. The van der Waals surface area contributed by atoms with Crippen LogP contribution in [0.2, 0.25) is 0 Å². The van der Waals surface area contributed by atoms with Crippen LogP contribution in [0.3, 0.4) is 0 Å². The van der Waals surface area contributed by atoms with E-state index in [1.165, 1.54) is 11.3 Å². The molecule has 3 aromatic rings. The lowest BCUT2D eigenvalue weighted by atomic mass is 10.1. The molecule has 0 atom stereocenters. The number of nitrogens with zero attached hydrogens (tertiary/aromatic N) is 2. The van der Waals surface area contributed by atoms with Crippen LogP contribution in [0.25, 0.3) is 0 Å². The number of rotatable bonds is 7. The molecule has 0 saturated carbocycles. The molecule has 0 saturated heterocycles. The summed E-state index contributed by atoms with van der Waals surface area (Å²) in [5, 5.41) is 12.3. The predicted molar refractivity (Wildman–Crippen MR) is 101 cm³/mol. The molecule has 134 valence electrons. The summed E-state index contributed by atoms with van der Waals surface area (Å²) in [5.74, 6) is 1.10. The molecule has 1 N–H and O–H groups in total. The first-order valence-corrected chi connectivity index (χ1v) is 8.99. The molecule has 0 fully saturated rings. The minimum atomic E-state index is -0.263. The van der Waals surface area contributed by atoms with Gasteiger partial charge in [0.2, 0.25) is 5.13 Å². The first-order valence-electron chi connectivity index (χ1n) is 8.18. The third-order valence-corrected chi connectivity index (χ3v) is 4.47. The monoisotopic (exact) mass is 369 g/mol. The summed E-state index contributed by atoms with van der Waals surface area (Å²) in [4.78, 5) is 12.5. The van der Waals surface area contributed by atoms with Gasteiger partial charge in [-0.2, -0.15) is 0 Å². The highest BCUT2D eigenvalue weighted by atomic mass is 32.1. The van der Waals surface area contributed by atoms with Crippen molar-refractivity contribution in [2.75, 3.05) is 19.0 Å². The number of hydrogen-bond donors (Lipinski definition) is 1.